The number of hydrogen-bond donors (Lipinski definition) is 2. The Labute approximate surface area is 191 Å². The fourth-order valence-electron chi connectivity index (χ4n) is 5.30. The van der Waals surface area contributed by atoms with Gasteiger partial charge in [0.1, 0.15) is 6.17 Å². The van der Waals surface area contributed by atoms with Gasteiger partial charge in [-0.2, -0.15) is 0 Å². The Morgan fingerprint density at radius 1 is 0.938 bits per heavy atom. The zero-order valence-electron chi connectivity index (χ0n) is 17.4. The molecule has 2 fully saturated rings. The number of nitrogens with one attached hydrogen (secondary N) is 2. The topological polar surface area (TPSA) is 78.5 Å². The maximum atomic E-state index is 13.4. The number of likely N-dealkylation sites (tertiary alicyclic amines) is 1. The van der Waals surface area contributed by atoms with E-state index in [9.17, 15) is 14.4 Å². The molecular weight excluding hydrogens is 426 g/mol. The lowest BCUT2D eigenvalue weighted by Gasteiger charge is -2.38. The summed E-state index contributed by atoms with van der Waals surface area (Å²) in [7, 11) is 0. The Hall–Kier alpha value is -3.12. The molecule has 6 nitrogen and oxygen atoms in total. The Morgan fingerprint density at radius 3 is 2.09 bits per heavy atom. The van der Waals surface area contributed by atoms with Crippen LogP contribution in [0.1, 0.15) is 18.4 Å². The molecule has 0 aromatic heterocycles. The van der Waals surface area contributed by atoms with Crippen LogP contribution in [0.4, 0.5) is 10.5 Å². The fourth-order valence-corrected chi connectivity index (χ4v) is 5.43. The number of carbonyl (C=O) groups is 3. The molecule has 1 saturated carbocycles. The molecule has 7 heteroatoms. The minimum absolute atomic E-state index is 0.103. The number of halogens is 1. The number of imide groups is 1. The third-order valence-electron chi connectivity index (χ3n) is 6.78. The molecule has 4 aliphatic rings. The van der Waals surface area contributed by atoms with Crippen molar-refractivity contribution in [3.8, 4) is 0 Å². The van der Waals surface area contributed by atoms with Gasteiger partial charge >= 0.3 is 6.03 Å². The predicted octanol–water partition coefficient (Wildman–Crippen LogP) is 4.23. The summed E-state index contributed by atoms with van der Waals surface area (Å²) in [6, 6.07) is 15.8. The highest BCUT2D eigenvalue weighted by atomic mass is 35.5. The summed E-state index contributed by atoms with van der Waals surface area (Å²) in [4.78, 5) is 41.0. The number of nitrogens with zero attached hydrogens (tertiary/aromatic N) is 1. The highest BCUT2D eigenvalue weighted by Gasteiger charge is 2.58. The minimum Gasteiger partial charge on any atom is -0.317 e. The Balaban J connectivity index is 1.40. The van der Waals surface area contributed by atoms with Crippen molar-refractivity contribution in [1.82, 2.24) is 10.2 Å². The van der Waals surface area contributed by atoms with Crippen molar-refractivity contribution in [2.24, 2.45) is 23.7 Å². The van der Waals surface area contributed by atoms with E-state index in [0.29, 0.717) is 17.1 Å². The first-order chi connectivity index (χ1) is 15.5. The summed E-state index contributed by atoms with van der Waals surface area (Å²) < 4.78 is 0. The molecule has 0 unspecified atom stereocenters. The predicted molar refractivity (Wildman–Crippen MR) is 122 cm³/mol. The number of fused-ring (bicyclic) bond motifs is 1. The smallest absolute Gasteiger partial charge is 0.317 e. The van der Waals surface area contributed by atoms with Crippen LogP contribution >= 0.6 is 11.6 Å². The number of benzene rings is 2. The summed E-state index contributed by atoms with van der Waals surface area (Å²) in [6.45, 7) is 0. The number of allylic oxidation sites excluding steroid dienone is 2. The Morgan fingerprint density at radius 2 is 1.53 bits per heavy atom. The third-order valence-corrected chi connectivity index (χ3v) is 7.03. The molecule has 4 amide bonds. The number of hydrogen-bond acceptors (Lipinski definition) is 3. The van der Waals surface area contributed by atoms with Crippen LogP contribution in [0.2, 0.25) is 5.02 Å². The van der Waals surface area contributed by atoms with Crippen LogP contribution in [0.15, 0.2) is 66.7 Å². The average molecular weight is 450 g/mol. The average Bonchev–Trinajstić information content (AvgIpc) is 3.09. The first-order valence-corrected chi connectivity index (χ1v) is 11.3. The maximum absolute atomic E-state index is 13.4. The summed E-state index contributed by atoms with van der Waals surface area (Å²) in [6.07, 6.45) is 5.63. The van der Waals surface area contributed by atoms with E-state index in [1.807, 2.05) is 30.3 Å². The molecule has 1 heterocycles. The van der Waals surface area contributed by atoms with Crippen molar-refractivity contribution < 1.29 is 14.4 Å². The van der Waals surface area contributed by atoms with Gasteiger partial charge in [0, 0.05) is 17.1 Å². The molecular formula is C25H24ClN3O3. The van der Waals surface area contributed by atoms with Gasteiger partial charge in [-0.05, 0) is 54.5 Å². The molecule has 2 bridgehead atoms. The summed E-state index contributed by atoms with van der Waals surface area (Å²) in [5, 5.41) is 6.20. The molecule has 32 heavy (non-hydrogen) atoms. The van der Waals surface area contributed by atoms with Gasteiger partial charge in [0.25, 0.3) is 0 Å². The second-order valence-electron chi connectivity index (χ2n) is 8.70. The monoisotopic (exact) mass is 449 g/mol. The zero-order chi connectivity index (χ0) is 22.2. The standard InChI is InChI=1S/C25H24ClN3O3/c26-18-10-12-19(13-11-18)27-25(32)28-20(14-15-4-2-1-3-5-15)29-23(30)21-16-6-7-17(9-8-16)22(21)24(29)31/h1-7,10-13,16-17,20-22H,8-9,14H2,(H2,27,28,32)/t16-,17-,20-,21+,22+/m0/s1. The second-order valence-corrected chi connectivity index (χ2v) is 9.14. The highest BCUT2D eigenvalue weighted by Crippen LogP contribution is 2.50. The van der Waals surface area contributed by atoms with Crippen molar-refractivity contribution in [3.63, 3.8) is 0 Å². The van der Waals surface area contributed by atoms with E-state index in [-0.39, 0.29) is 35.5 Å². The fraction of sp³-hybridized carbons (Fsp3) is 0.320. The lowest BCUT2D eigenvalue weighted by molar-refractivity contribution is -0.143. The zero-order valence-corrected chi connectivity index (χ0v) is 18.2. The number of carbonyl (C=O) groups excluding carboxylic acids is 3. The van der Waals surface area contributed by atoms with Crippen molar-refractivity contribution >= 4 is 35.1 Å². The Bertz CT molecular complexity index is 1040. The quantitative estimate of drug-likeness (QED) is 0.529. The van der Waals surface area contributed by atoms with E-state index in [1.54, 1.807) is 24.3 Å². The van der Waals surface area contributed by atoms with E-state index in [0.717, 1.165) is 18.4 Å². The third kappa shape index (κ3) is 3.79. The lowest BCUT2D eigenvalue weighted by atomic mass is 9.63. The molecule has 0 radical (unpaired) electrons. The van der Waals surface area contributed by atoms with Crippen LogP contribution < -0.4 is 10.6 Å². The van der Waals surface area contributed by atoms with E-state index >= 15 is 0 Å². The normalized spacial score (nSPS) is 26.7. The van der Waals surface area contributed by atoms with E-state index < -0.39 is 12.2 Å². The minimum atomic E-state index is -0.769. The van der Waals surface area contributed by atoms with Crippen LogP contribution in [0.5, 0.6) is 0 Å². The van der Waals surface area contributed by atoms with Gasteiger partial charge < -0.3 is 10.6 Å². The molecule has 2 N–H and O–H groups in total. The van der Waals surface area contributed by atoms with E-state index in [1.165, 1.54) is 4.90 Å². The van der Waals surface area contributed by atoms with Crippen LogP contribution in [0, 0.1) is 23.7 Å². The van der Waals surface area contributed by atoms with Gasteiger partial charge in [0.15, 0.2) is 0 Å². The van der Waals surface area contributed by atoms with Crippen LogP contribution in [0.25, 0.3) is 0 Å². The summed E-state index contributed by atoms with van der Waals surface area (Å²) in [5.74, 6) is -0.770. The summed E-state index contributed by atoms with van der Waals surface area (Å²) in [5.41, 5.74) is 1.50. The van der Waals surface area contributed by atoms with Crippen molar-refractivity contribution in [3.05, 3.63) is 77.3 Å². The molecule has 0 spiro atoms. The van der Waals surface area contributed by atoms with Crippen molar-refractivity contribution in [1.29, 1.82) is 0 Å². The molecule has 2 aromatic carbocycles. The summed E-state index contributed by atoms with van der Waals surface area (Å²) >= 11 is 5.91. The second kappa shape index (κ2) is 8.43. The molecule has 3 aliphatic carbocycles. The highest BCUT2D eigenvalue weighted by molar-refractivity contribution is 6.30. The number of anilines is 1. The molecule has 164 valence electrons. The van der Waals surface area contributed by atoms with Crippen LogP contribution in [-0.2, 0) is 16.0 Å². The molecule has 1 saturated heterocycles. The number of urea groups is 1. The molecule has 5 atom stereocenters. The first kappa shape index (κ1) is 20.8. The number of rotatable bonds is 5. The largest absolute Gasteiger partial charge is 0.320 e. The van der Waals surface area contributed by atoms with Crippen molar-refractivity contribution in [2.45, 2.75) is 25.4 Å². The maximum Gasteiger partial charge on any atom is 0.320 e. The van der Waals surface area contributed by atoms with Gasteiger partial charge in [-0.3, -0.25) is 14.5 Å². The van der Waals surface area contributed by atoms with Gasteiger partial charge in [-0.25, -0.2) is 4.79 Å². The number of amides is 4. The molecule has 1 aliphatic heterocycles. The van der Waals surface area contributed by atoms with Crippen LogP contribution in [-0.4, -0.2) is 28.9 Å². The van der Waals surface area contributed by atoms with Gasteiger partial charge in [0.05, 0.1) is 11.8 Å². The van der Waals surface area contributed by atoms with Gasteiger partial charge in [-0.15, -0.1) is 0 Å². The van der Waals surface area contributed by atoms with Gasteiger partial charge in [-0.1, -0.05) is 54.1 Å². The van der Waals surface area contributed by atoms with E-state index in [2.05, 4.69) is 22.8 Å². The lowest BCUT2D eigenvalue weighted by Crippen LogP contribution is -2.53. The van der Waals surface area contributed by atoms with Crippen molar-refractivity contribution in [2.75, 3.05) is 5.32 Å². The molecule has 2 aromatic rings. The van der Waals surface area contributed by atoms with Gasteiger partial charge in [0.2, 0.25) is 11.8 Å². The first-order valence-electron chi connectivity index (χ1n) is 10.9. The Kier molecular flexibility index (Phi) is 5.47. The van der Waals surface area contributed by atoms with Crippen LogP contribution in [0.3, 0.4) is 0 Å². The SMILES string of the molecule is O=C(Nc1ccc(Cl)cc1)N[C@H](Cc1ccccc1)N1C(=O)[C@H]2[C@H](C1=O)[C@H]1C=C[C@H]2CC1. The van der Waals surface area contributed by atoms with E-state index in [4.69, 9.17) is 11.6 Å². The molecule has 6 rings (SSSR count).